The van der Waals surface area contributed by atoms with E-state index in [9.17, 15) is 0 Å². The number of aromatic nitrogens is 2. The Balaban J connectivity index is 0.00000176. The van der Waals surface area contributed by atoms with Crippen LogP contribution >= 0.6 is 0 Å². The number of halogens is 1. The highest BCUT2D eigenvalue weighted by Crippen LogP contribution is 2.19. The van der Waals surface area contributed by atoms with E-state index in [0.717, 1.165) is 0 Å². The summed E-state index contributed by atoms with van der Waals surface area (Å²) in [5.41, 5.74) is 7.70. The average molecular weight is 313 g/mol. The number of nitrogens with zero attached hydrogens (tertiary/aromatic N) is 2. The molecule has 0 atom stereocenters. The SMILES string of the molecule is Cc1cccc(C)c1-n1cc[n+](-c2c(C)cccc2C)c1.[Cl-]. The molecule has 0 aliphatic heterocycles. The van der Waals surface area contributed by atoms with E-state index in [1.54, 1.807) is 0 Å². The summed E-state index contributed by atoms with van der Waals surface area (Å²) in [6.45, 7) is 8.63. The van der Waals surface area contributed by atoms with Crippen molar-refractivity contribution in [1.29, 1.82) is 0 Å². The van der Waals surface area contributed by atoms with Crippen molar-refractivity contribution in [2.75, 3.05) is 0 Å². The lowest BCUT2D eigenvalue weighted by molar-refractivity contribution is -0.595. The molecule has 0 spiro atoms. The van der Waals surface area contributed by atoms with E-state index in [1.165, 1.54) is 33.6 Å². The second kappa shape index (κ2) is 6.37. The van der Waals surface area contributed by atoms with Gasteiger partial charge in [-0.25, -0.2) is 9.13 Å². The number of rotatable bonds is 2. The van der Waals surface area contributed by atoms with Gasteiger partial charge in [-0.3, -0.25) is 0 Å². The fraction of sp³-hybridized carbons (Fsp3) is 0.211. The molecule has 1 aromatic heterocycles. The van der Waals surface area contributed by atoms with Crippen LogP contribution in [-0.4, -0.2) is 4.57 Å². The number of hydrogen-bond acceptors (Lipinski definition) is 0. The van der Waals surface area contributed by atoms with Crippen LogP contribution in [0.3, 0.4) is 0 Å². The van der Waals surface area contributed by atoms with Crippen molar-refractivity contribution in [3.8, 4) is 11.4 Å². The summed E-state index contributed by atoms with van der Waals surface area (Å²) >= 11 is 0. The van der Waals surface area contributed by atoms with E-state index in [1.807, 2.05) is 0 Å². The predicted molar refractivity (Wildman–Crippen MR) is 86.2 cm³/mol. The molecular weight excluding hydrogens is 292 g/mol. The smallest absolute Gasteiger partial charge is 0.254 e. The molecule has 114 valence electrons. The summed E-state index contributed by atoms with van der Waals surface area (Å²) in [5.74, 6) is 0. The molecule has 0 aliphatic rings. The van der Waals surface area contributed by atoms with Crippen LogP contribution in [0.5, 0.6) is 0 Å². The summed E-state index contributed by atoms with van der Waals surface area (Å²) in [7, 11) is 0. The maximum Gasteiger partial charge on any atom is 0.254 e. The van der Waals surface area contributed by atoms with Gasteiger partial charge in [0.05, 0.1) is 0 Å². The molecule has 0 radical (unpaired) electrons. The molecule has 2 aromatic carbocycles. The van der Waals surface area contributed by atoms with Crippen molar-refractivity contribution in [1.82, 2.24) is 4.57 Å². The van der Waals surface area contributed by atoms with Gasteiger partial charge in [0, 0.05) is 0 Å². The van der Waals surface area contributed by atoms with E-state index >= 15 is 0 Å². The minimum Gasteiger partial charge on any atom is -1.00 e. The molecule has 0 N–H and O–H groups in total. The largest absolute Gasteiger partial charge is 1.00 e. The van der Waals surface area contributed by atoms with Gasteiger partial charge < -0.3 is 12.4 Å². The van der Waals surface area contributed by atoms with Gasteiger partial charge in [0.15, 0.2) is 0 Å². The second-order valence-electron chi connectivity index (χ2n) is 5.71. The molecule has 0 fully saturated rings. The number of para-hydroxylation sites is 2. The molecule has 1 heterocycles. The van der Waals surface area contributed by atoms with Gasteiger partial charge in [0.25, 0.3) is 6.33 Å². The third kappa shape index (κ3) is 2.79. The molecule has 2 nitrogen and oxygen atoms in total. The molecule has 3 aromatic rings. The molecular formula is C19H21ClN2. The van der Waals surface area contributed by atoms with Crippen molar-refractivity contribution in [3.63, 3.8) is 0 Å². The Morgan fingerprint density at radius 2 is 1.27 bits per heavy atom. The van der Waals surface area contributed by atoms with Gasteiger partial charge in [0.2, 0.25) is 0 Å². The Labute approximate surface area is 138 Å². The lowest BCUT2D eigenvalue weighted by Crippen LogP contribution is -3.00. The Morgan fingerprint density at radius 1 is 0.773 bits per heavy atom. The third-order valence-corrected chi connectivity index (χ3v) is 4.03. The third-order valence-electron chi connectivity index (χ3n) is 4.03. The molecule has 0 bridgehead atoms. The van der Waals surface area contributed by atoms with Gasteiger partial charge in [-0.05, 0) is 49.9 Å². The summed E-state index contributed by atoms with van der Waals surface area (Å²) in [4.78, 5) is 0. The topological polar surface area (TPSA) is 8.81 Å². The van der Waals surface area contributed by atoms with Gasteiger partial charge >= 0.3 is 0 Å². The molecule has 3 heteroatoms. The van der Waals surface area contributed by atoms with E-state index in [0.29, 0.717) is 0 Å². The summed E-state index contributed by atoms with van der Waals surface area (Å²) in [6.07, 6.45) is 6.41. The van der Waals surface area contributed by atoms with E-state index in [-0.39, 0.29) is 12.4 Å². The van der Waals surface area contributed by atoms with Crippen LogP contribution in [0, 0.1) is 27.7 Å². The normalized spacial score (nSPS) is 10.4. The summed E-state index contributed by atoms with van der Waals surface area (Å²) < 4.78 is 4.41. The minimum absolute atomic E-state index is 0. The zero-order chi connectivity index (χ0) is 15.0. The van der Waals surface area contributed by atoms with E-state index in [2.05, 4.69) is 91.9 Å². The first-order chi connectivity index (χ1) is 10.1. The summed E-state index contributed by atoms with van der Waals surface area (Å²) in [6, 6.07) is 12.9. The Morgan fingerprint density at radius 3 is 1.82 bits per heavy atom. The van der Waals surface area contributed by atoms with Crippen LogP contribution in [0.2, 0.25) is 0 Å². The fourth-order valence-corrected chi connectivity index (χ4v) is 3.05. The zero-order valence-corrected chi connectivity index (χ0v) is 14.2. The van der Waals surface area contributed by atoms with Gasteiger partial charge in [-0.2, -0.15) is 0 Å². The Hall–Kier alpha value is -2.06. The number of benzene rings is 2. The zero-order valence-electron chi connectivity index (χ0n) is 13.5. The van der Waals surface area contributed by atoms with Crippen molar-refractivity contribution in [3.05, 3.63) is 77.4 Å². The highest BCUT2D eigenvalue weighted by atomic mass is 35.5. The molecule has 22 heavy (non-hydrogen) atoms. The maximum absolute atomic E-state index is 2.20. The fourth-order valence-electron chi connectivity index (χ4n) is 3.05. The van der Waals surface area contributed by atoms with Gasteiger partial charge in [0.1, 0.15) is 23.8 Å². The first kappa shape index (κ1) is 16.3. The van der Waals surface area contributed by atoms with Crippen molar-refractivity contribution >= 4 is 0 Å². The molecule has 0 amide bonds. The van der Waals surface area contributed by atoms with Gasteiger partial charge in [-0.1, -0.05) is 36.4 Å². The molecule has 0 aliphatic carbocycles. The Bertz CT molecular complexity index is 696. The molecule has 0 saturated heterocycles. The summed E-state index contributed by atoms with van der Waals surface area (Å²) in [5, 5.41) is 0. The molecule has 3 rings (SSSR count). The number of aryl methyl sites for hydroxylation is 4. The van der Waals surface area contributed by atoms with Crippen LogP contribution < -0.4 is 17.0 Å². The quantitative estimate of drug-likeness (QED) is 0.624. The van der Waals surface area contributed by atoms with Crippen LogP contribution in [-0.2, 0) is 0 Å². The molecule has 0 saturated carbocycles. The van der Waals surface area contributed by atoms with Crippen molar-refractivity contribution in [2.24, 2.45) is 0 Å². The lowest BCUT2D eigenvalue weighted by Gasteiger charge is -2.06. The van der Waals surface area contributed by atoms with E-state index < -0.39 is 0 Å². The number of imidazole rings is 1. The van der Waals surface area contributed by atoms with Crippen LogP contribution in [0.15, 0.2) is 55.1 Å². The second-order valence-corrected chi connectivity index (χ2v) is 5.71. The lowest BCUT2D eigenvalue weighted by atomic mass is 10.1. The van der Waals surface area contributed by atoms with E-state index in [4.69, 9.17) is 0 Å². The monoisotopic (exact) mass is 312 g/mol. The minimum atomic E-state index is 0. The standard InChI is InChI=1S/C19H21N2.ClH/c1-14-7-5-8-15(2)18(14)20-11-12-21(13-20)19-16(3)9-6-10-17(19)4;/h5-13H,1-4H3;1H/q+1;/p-1. The highest BCUT2D eigenvalue weighted by Gasteiger charge is 2.15. The first-order valence-corrected chi connectivity index (χ1v) is 7.30. The van der Waals surface area contributed by atoms with Crippen LogP contribution in [0.1, 0.15) is 22.3 Å². The highest BCUT2D eigenvalue weighted by molar-refractivity contribution is 5.47. The number of hydrogen-bond donors (Lipinski definition) is 0. The van der Waals surface area contributed by atoms with Crippen molar-refractivity contribution in [2.45, 2.75) is 27.7 Å². The maximum atomic E-state index is 2.20. The average Bonchev–Trinajstić information content (AvgIpc) is 2.87. The Kier molecular flexibility index (Phi) is 4.72. The van der Waals surface area contributed by atoms with Crippen LogP contribution in [0.4, 0.5) is 0 Å². The molecule has 0 unspecified atom stereocenters. The van der Waals surface area contributed by atoms with Crippen LogP contribution in [0.25, 0.3) is 11.4 Å². The van der Waals surface area contributed by atoms with Gasteiger partial charge in [-0.15, -0.1) is 0 Å². The van der Waals surface area contributed by atoms with Crippen molar-refractivity contribution < 1.29 is 17.0 Å². The first-order valence-electron chi connectivity index (χ1n) is 7.30. The predicted octanol–water partition coefficient (Wildman–Crippen LogP) is 0.992.